The van der Waals surface area contributed by atoms with E-state index in [0.29, 0.717) is 0 Å². The number of hydrogen-bond acceptors (Lipinski definition) is 5. The number of nitrogens with one attached hydrogen (secondary N) is 1. The number of likely N-dealkylation sites (tertiary alicyclic amines) is 1. The van der Waals surface area contributed by atoms with Gasteiger partial charge >= 0.3 is 24.5 Å². The van der Waals surface area contributed by atoms with E-state index in [-0.39, 0.29) is 57.2 Å². The molecule has 2 N–H and O–H groups in total. The first-order valence-corrected chi connectivity index (χ1v) is 11.5. The molecule has 4 atom stereocenters. The fourth-order valence-corrected chi connectivity index (χ4v) is 5.80. The van der Waals surface area contributed by atoms with Crippen molar-refractivity contribution in [3.63, 3.8) is 0 Å². The van der Waals surface area contributed by atoms with E-state index >= 15 is 0 Å². The third-order valence-corrected chi connectivity index (χ3v) is 7.23. The maximum absolute atomic E-state index is 13.8. The minimum absolute atomic E-state index is 0.122. The number of ether oxygens (including phenoxy) is 1. The quantitative estimate of drug-likeness (QED) is 0.546. The van der Waals surface area contributed by atoms with Crippen LogP contribution in [0.4, 0.5) is 45.2 Å². The van der Waals surface area contributed by atoms with Crippen molar-refractivity contribution in [1.29, 1.82) is 0 Å². The third kappa shape index (κ3) is 5.62. The number of alkyl halides is 9. The first-order chi connectivity index (χ1) is 17.1. The summed E-state index contributed by atoms with van der Waals surface area (Å²) in [5, 5.41) is 11.5. The molecule has 4 rings (SSSR count). The second kappa shape index (κ2) is 9.80. The molecule has 208 valence electrons. The van der Waals surface area contributed by atoms with Gasteiger partial charge in [0.15, 0.2) is 5.92 Å². The van der Waals surface area contributed by atoms with E-state index in [0.717, 1.165) is 6.07 Å². The molecule has 0 bridgehead atoms. The molecule has 0 radical (unpaired) electrons. The third-order valence-electron chi connectivity index (χ3n) is 7.23. The van der Waals surface area contributed by atoms with Crippen LogP contribution in [0.3, 0.4) is 0 Å². The minimum atomic E-state index is -5.67. The highest BCUT2D eigenvalue weighted by atomic mass is 19.4. The zero-order valence-electron chi connectivity index (χ0n) is 19.1. The SMILES string of the molecule is O=C(O)C1NC(C(C(F)(F)F)C(F)(F)F)C2CN(Cc3cccc(C(F)(F)F)c3N3CCOCC3)CC12. The molecule has 15 heteroatoms. The van der Waals surface area contributed by atoms with Crippen LogP contribution < -0.4 is 10.2 Å². The number of benzene rings is 1. The highest BCUT2D eigenvalue weighted by Gasteiger charge is 2.66. The summed E-state index contributed by atoms with van der Waals surface area (Å²) < 4.78 is 128. The number of rotatable bonds is 5. The Balaban J connectivity index is 1.65. The fraction of sp³-hybridized carbons (Fsp3) is 0.682. The predicted octanol–water partition coefficient (Wildman–Crippen LogP) is 3.76. The number of carboxylic acid groups (broad SMARTS) is 1. The lowest BCUT2D eigenvalue weighted by Crippen LogP contribution is -2.53. The minimum Gasteiger partial charge on any atom is -0.480 e. The van der Waals surface area contributed by atoms with Crippen molar-refractivity contribution in [1.82, 2.24) is 10.2 Å². The molecule has 0 aliphatic carbocycles. The molecule has 0 amide bonds. The van der Waals surface area contributed by atoms with E-state index < -0.39 is 59.9 Å². The second-order valence-corrected chi connectivity index (χ2v) is 9.50. The lowest BCUT2D eigenvalue weighted by Gasteiger charge is -2.34. The standard InChI is InChI=1S/C22H24F9N3O3/c23-20(24,25)14-3-1-2-11(17(14)34-4-6-37-7-5-34)8-33-9-12-13(10-33)16(19(35)36)32-15(12)18(21(26,27)28)22(29,30)31/h1-3,12-13,15-16,18,32H,4-10H2,(H,35,36). The Bertz CT molecular complexity index is 978. The number of carbonyl (C=O) groups is 1. The topological polar surface area (TPSA) is 65.0 Å². The Kier molecular flexibility index (Phi) is 7.36. The summed E-state index contributed by atoms with van der Waals surface area (Å²) in [4.78, 5) is 14.6. The molecular formula is C22H24F9N3O3. The van der Waals surface area contributed by atoms with Crippen molar-refractivity contribution in [2.24, 2.45) is 17.8 Å². The number of hydrogen-bond donors (Lipinski definition) is 2. The number of carboxylic acids is 1. The van der Waals surface area contributed by atoms with Crippen LogP contribution in [0.1, 0.15) is 11.1 Å². The summed E-state index contributed by atoms with van der Waals surface area (Å²) in [6, 6.07) is -0.381. The average molecular weight is 549 g/mol. The Hall–Kier alpha value is -2.26. The number of morpholine rings is 1. The zero-order chi connectivity index (χ0) is 27.3. The van der Waals surface area contributed by atoms with E-state index in [2.05, 4.69) is 0 Å². The molecule has 1 aromatic carbocycles. The van der Waals surface area contributed by atoms with Gasteiger partial charge in [-0.2, -0.15) is 39.5 Å². The first kappa shape index (κ1) is 27.8. The van der Waals surface area contributed by atoms with Crippen LogP contribution in [0.25, 0.3) is 0 Å². The zero-order valence-corrected chi connectivity index (χ0v) is 19.1. The molecule has 3 heterocycles. The molecule has 4 unspecified atom stereocenters. The summed E-state index contributed by atoms with van der Waals surface area (Å²) in [7, 11) is 0. The monoisotopic (exact) mass is 549 g/mol. The van der Waals surface area contributed by atoms with Crippen molar-refractivity contribution >= 4 is 11.7 Å². The van der Waals surface area contributed by atoms with Gasteiger partial charge in [0.05, 0.1) is 24.5 Å². The summed E-state index contributed by atoms with van der Waals surface area (Å²) in [6.45, 7) is -0.0351. The molecule has 0 saturated carbocycles. The van der Waals surface area contributed by atoms with Crippen molar-refractivity contribution in [2.75, 3.05) is 44.3 Å². The molecule has 3 fully saturated rings. The van der Waals surface area contributed by atoms with Crippen LogP contribution in [0, 0.1) is 17.8 Å². The van der Waals surface area contributed by atoms with E-state index in [1.54, 1.807) is 0 Å². The highest BCUT2D eigenvalue weighted by molar-refractivity contribution is 5.74. The van der Waals surface area contributed by atoms with Crippen molar-refractivity contribution in [2.45, 2.75) is 37.2 Å². The highest BCUT2D eigenvalue weighted by Crippen LogP contribution is 2.49. The molecule has 6 nitrogen and oxygen atoms in total. The van der Waals surface area contributed by atoms with Crippen LogP contribution in [0.15, 0.2) is 18.2 Å². The van der Waals surface area contributed by atoms with Gasteiger partial charge in [0.25, 0.3) is 0 Å². The Morgan fingerprint density at radius 2 is 1.59 bits per heavy atom. The first-order valence-electron chi connectivity index (χ1n) is 11.5. The smallest absolute Gasteiger partial charge is 0.418 e. The molecule has 37 heavy (non-hydrogen) atoms. The van der Waals surface area contributed by atoms with Crippen molar-refractivity contribution in [3.8, 4) is 0 Å². The Morgan fingerprint density at radius 1 is 1.00 bits per heavy atom. The number of para-hydroxylation sites is 1. The van der Waals surface area contributed by atoms with Gasteiger partial charge in [0, 0.05) is 44.7 Å². The van der Waals surface area contributed by atoms with E-state index in [1.807, 2.05) is 5.32 Å². The second-order valence-electron chi connectivity index (χ2n) is 9.50. The molecule has 3 aliphatic heterocycles. The van der Waals surface area contributed by atoms with Gasteiger partial charge in [-0.15, -0.1) is 0 Å². The number of halogens is 9. The summed E-state index contributed by atoms with van der Waals surface area (Å²) in [5.41, 5.74) is -0.844. The van der Waals surface area contributed by atoms with Gasteiger partial charge < -0.3 is 20.1 Å². The van der Waals surface area contributed by atoms with Crippen LogP contribution in [-0.2, 0) is 22.3 Å². The normalized spacial score (nSPS) is 27.7. The van der Waals surface area contributed by atoms with Gasteiger partial charge in [-0.3, -0.25) is 9.69 Å². The Morgan fingerprint density at radius 3 is 2.14 bits per heavy atom. The number of anilines is 1. The summed E-state index contributed by atoms with van der Waals surface area (Å²) >= 11 is 0. The van der Waals surface area contributed by atoms with Gasteiger partial charge in [-0.1, -0.05) is 12.1 Å². The molecule has 3 aliphatic rings. The molecular weight excluding hydrogens is 525 g/mol. The summed E-state index contributed by atoms with van der Waals surface area (Å²) in [6.07, 6.45) is -16.1. The number of nitrogens with zero attached hydrogens (tertiary/aromatic N) is 2. The van der Waals surface area contributed by atoms with Gasteiger partial charge in [-0.25, -0.2) is 0 Å². The van der Waals surface area contributed by atoms with Gasteiger partial charge in [-0.05, 0) is 17.5 Å². The average Bonchev–Trinajstić information content (AvgIpc) is 3.31. The fourth-order valence-electron chi connectivity index (χ4n) is 5.80. The van der Waals surface area contributed by atoms with Gasteiger partial charge in [0.2, 0.25) is 0 Å². The van der Waals surface area contributed by atoms with E-state index in [9.17, 15) is 49.4 Å². The maximum atomic E-state index is 13.8. The van der Waals surface area contributed by atoms with Crippen molar-refractivity contribution < 1.29 is 54.2 Å². The van der Waals surface area contributed by atoms with E-state index in [4.69, 9.17) is 4.74 Å². The lowest BCUT2D eigenvalue weighted by molar-refractivity contribution is -0.293. The van der Waals surface area contributed by atoms with Crippen LogP contribution in [0.5, 0.6) is 0 Å². The molecule has 3 saturated heterocycles. The summed E-state index contributed by atoms with van der Waals surface area (Å²) in [5.74, 6) is -7.79. The van der Waals surface area contributed by atoms with Crippen LogP contribution in [-0.4, -0.2) is 79.8 Å². The predicted molar refractivity (Wildman–Crippen MR) is 111 cm³/mol. The van der Waals surface area contributed by atoms with E-state index in [1.165, 1.54) is 21.9 Å². The molecule has 0 aromatic heterocycles. The van der Waals surface area contributed by atoms with Crippen LogP contribution in [0.2, 0.25) is 0 Å². The Labute approximate surface area is 205 Å². The molecule has 1 aromatic rings. The number of aliphatic carboxylic acids is 1. The van der Waals surface area contributed by atoms with Gasteiger partial charge in [0.1, 0.15) is 6.04 Å². The molecule has 0 spiro atoms. The van der Waals surface area contributed by atoms with Crippen molar-refractivity contribution in [3.05, 3.63) is 29.3 Å². The maximum Gasteiger partial charge on any atom is 0.418 e. The number of fused-ring (bicyclic) bond motifs is 1. The van der Waals surface area contributed by atoms with Crippen LogP contribution >= 0.6 is 0 Å². The lowest BCUT2D eigenvalue weighted by atomic mass is 9.84. The largest absolute Gasteiger partial charge is 0.480 e.